The first-order chi connectivity index (χ1) is 13.8. The number of nitrogens with one attached hydrogen (secondary N) is 1. The third-order valence-corrected chi connectivity index (χ3v) is 6.66. The maximum Gasteiger partial charge on any atom is 0.237 e. The molecule has 3 aliphatic rings. The van der Waals surface area contributed by atoms with Gasteiger partial charge in [0.25, 0.3) is 0 Å². The molecular weight excluding hydrogens is 367 g/mol. The maximum absolute atomic E-state index is 15.2. The van der Waals surface area contributed by atoms with Gasteiger partial charge in [-0.1, -0.05) is 20.8 Å². The molecule has 1 aliphatic carbocycles. The Kier molecular flexibility index (Phi) is 5.49. The van der Waals surface area contributed by atoms with Gasteiger partial charge in [-0.25, -0.2) is 4.39 Å². The number of benzene rings is 1. The van der Waals surface area contributed by atoms with E-state index in [9.17, 15) is 4.79 Å². The molecular formula is C23H35FN4O. The Morgan fingerprint density at radius 2 is 1.79 bits per heavy atom. The Hall–Kier alpha value is -1.82. The van der Waals surface area contributed by atoms with Crippen molar-refractivity contribution in [2.45, 2.75) is 77.4 Å². The minimum Gasteiger partial charge on any atom is -0.369 e. The van der Waals surface area contributed by atoms with E-state index in [-0.39, 0.29) is 23.2 Å². The molecule has 0 bridgehead atoms. The van der Waals surface area contributed by atoms with Crippen molar-refractivity contribution in [2.24, 2.45) is 11.1 Å². The van der Waals surface area contributed by atoms with E-state index in [0.717, 1.165) is 50.1 Å². The van der Waals surface area contributed by atoms with Crippen molar-refractivity contribution in [3.05, 3.63) is 23.5 Å². The van der Waals surface area contributed by atoms with Crippen LogP contribution < -0.4 is 20.9 Å². The molecule has 4 rings (SSSR count). The van der Waals surface area contributed by atoms with E-state index in [4.69, 9.17) is 5.73 Å². The van der Waals surface area contributed by atoms with Crippen LogP contribution in [-0.4, -0.2) is 37.6 Å². The molecule has 2 aliphatic heterocycles. The summed E-state index contributed by atoms with van der Waals surface area (Å²) < 4.78 is 15.2. The zero-order valence-electron chi connectivity index (χ0n) is 18.0. The highest BCUT2D eigenvalue weighted by atomic mass is 19.1. The van der Waals surface area contributed by atoms with Crippen molar-refractivity contribution in [2.75, 3.05) is 29.4 Å². The number of halogens is 1. The summed E-state index contributed by atoms with van der Waals surface area (Å²) in [7, 11) is 0. The minimum atomic E-state index is -0.593. The quantitative estimate of drug-likeness (QED) is 0.806. The Morgan fingerprint density at radius 3 is 2.41 bits per heavy atom. The molecule has 1 amide bonds. The van der Waals surface area contributed by atoms with Gasteiger partial charge in [-0.05, 0) is 56.1 Å². The lowest BCUT2D eigenvalue weighted by Crippen LogP contribution is -2.50. The van der Waals surface area contributed by atoms with E-state index in [2.05, 4.69) is 15.1 Å². The van der Waals surface area contributed by atoms with Crippen molar-refractivity contribution in [3.8, 4) is 0 Å². The molecule has 1 aromatic rings. The van der Waals surface area contributed by atoms with E-state index in [1.165, 1.54) is 19.3 Å². The summed E-state index contributed by atoms with van der Waals surface area (Å²) in [6.07, 6.45) is 6.63. The fraction of sp³-hybridized carbons (Fsp3) is 0.696. The van der Waals surface area contributed by atoms with E-state index in [1.54, 1.807) is 6.07 Å². The number of fused-ring (bicyclic) bond motifs is 1. The van der Waals surface area contributed by atoms with Gasteiger partial charge in [0.15, 0.2) is 0 Å². The number of amides is 1. The lowest BCUT2D eigenvalue weighted by Gasteiger charge is -2.39. The number of nitrogens with two attached hydrogens (primary N) is 1. The lowest BCUT2D eigenvalue weighted by atomic mass is 9.86. The lowest BCUT2D eigenvalue weighted by molar-refractivity contribution is -0.125. The second-order valence-electron chi connectivity index (χ2n) is 10.0. The molecule has 1 aromatic carbocycles. The summed E-state index contributed by atoms with van der Waals surface area (Å²) in [5.41, 5.74) is 8.56. The Balaban J connectivity index is 1.63. The zero-order chi connectivity index (χ0) is 20.8. The van der Waals surface area contributed by atoms with Crippen LogP contribution in [0.1, 0.15) is 70.9 Å². The largest absolute Gasteiger partial charge is 0.369 e. The molecule has 6 heteroatoms. The standard InChI is InChI=1S/C23H35FN4O/c1-23(2,3)21(25)22(29)26-18-9-12-28(15-7-8-15)19-14-20(17(24)13-16(18)19)27-10-5-4-6-11-27/h13-15,18,21H,4-12,25H2,1-3H3,(H,26,29)/t18?,21-/m1/s1. The van der Waals surface area contributed by atoms with Crippen LogP contribution in [0.2, 0.25) is 0 Å². The number of carbonyl (C=O) groups is 1. The first kappa shape index (κ1) is 20.5. The molecule has 1 unspecified atom stereocenters. The normalized spacial score (nSPS) is 23.6. The second kappa shape index (κ2) is 7.78. The van der Waals surface area contributed by atoms with E-state index < -0.39 is 6.04 Å². The number of piperidine rings is 1. The van der Waals surface area contributed by atoms with Crippen LogP contribution in [0, 0.1) is 11.2 Å². The van der Waals surface area contributed by atoms with Crippen molar-refractivity contribution < 1.29 is 9.18 Å². The molecule has 160 valence electrons. The van der Waals surface area contributed by atoms with E-state index >= 15 is 4.39 Å². The van der Waals surface area contributed by atoms with Gasteiger partial charge in [0.05, 0.1) is 17.8 Å². The predicted molar refractivity (Wildman–Crippen MR) is 116 cm³/mol. The van der Waals surface area contributed by atoms with Crippen molar-refractivity contribution >= 4 is 17.3 Å². The van der Waals surface area contributed by atoms with Crippen LogP contribution in [0.25, 0.3) is 0 Å². The number of anilines is 2. The van der Waals surface area contributed by atoms with Crippen molar-refractivity contribution in [3.63, 3.8) is 0 Å². The minimum absolute atomic E-state index is 0.158. The van der Waals surface area contributed by atoms with Crippen LogP contribution in [0.15, 0.2) is 12.1 Å². The molecule has 29 heavy (non-hydrogen) atoms. The van der Waals surface area contributed by atoms with Crippen molar-refractivity contribution in [1.29, 1.82) is 0 Å². The fourth-order valence-electron chi connectivity index (χ4n) is 4.59. The summed E-state index contributed by atoms with van der Waals surface area (Å²) in [4.78, 5) is 17.4. The average molecular weight is 403 g/mol. The predicted octanol–water partition coefficient (Wildman–Crippen LogP) is 3.72. The van der Waals surface area contributed by atoms with Gasteiger partial charge >= 0.3 is 0 Å². The van der Waals surface area contributed by atoms with Crippen LogP contribution in [-0.2, 0) is 4.79 Å². The Bertz CT molecular complexity index is 765. The summed E-state index contributed by atoms with van der Waals surface area (Å²) in [5, 5.41) is 3.12. The van der Waals surface area contributed by atoms with Crippen LogP contribution in [0.4, 0.5) is 15.8 Å². The topological polar surface area (TPSA) is 61.6 Å². The molecule has 1 saturated carbocycles. The summed E-state index contributed by atoms with van der Waals surface area (Å²) >= 11 is 0. The number of hydrogen-bond acceptors (Lipinski definition) is 4. The molecule has 0 aromatic heterocycles. The van der Waals surface area contributed by atoms with E-state index in [0.29, 0.717) is 11.7 Å². The first-order valence-electron chi connectivity index (χ1n) is 11.2. The Labute approximate surface area is 173 Å². The molecule has 3 N–H and O–H groups in total. The van der Waals surface area contributed by atoms with Crippen LogP contribution in [0.5, 0.6) is 0 Å². The molecule has 2 atom stereocenters. The second-order valence-corrected chi connectivity index (χ2v) is 10.0. The highest BCUT2D eigenvalue weighted by molar-refractivity contribution is 5.83. The fourth-order valence-corrected chi connectivity index (χ4v) is 4.59. The van der Waals surface area contributed by atoms with Crippen LogP contribution in [0.3, 0.4) is 0 Å². The Morgan fingerprint density at radius 1 is 1.10 bits per heavy atom. The molecule has 0 spiro atoms. The molecule has 5 nitrogen and oxygen atoms in total. The van der Waals surface area contributed by atoms with Gasteiger partial charge in [0, 0.05) is 36.9 Å². The molecule has 2 heterocycles. The average Bonchev–Trinajstić information content (AvgIpc) is 3.52. The number of carbonyl (C=O) groups excluding carboxylic acids is 1. The van der Waals surface area contributed by atoms with Gasteiger partial charge in [-0.2, -0.15) is 0 Å². The molecule has 0 radical (unpaired) electrons. The van der Waals surface area contributed by atoms with Crippen LogP contribution >= 0.6 is 0 Å². The summed E-state index contributed by atoms with van der Waals surface area (Å²) in [6.45, 7) is 8.61. The van der Waals surface area contributed by atoms with Gasteiger partial charge in [-0.15, -0.1) is 0 Å². The summed E-state index contributed by atoms with van der Waals surface area (Å²) in [6, 6.07) is 3.48. The van der Waals surface area contributed by atoms with E-state index in [1.807, 2.05) is 26.8 Å². The zero-order valence-corrected chi connectivity index (χ0v) is 18.0. The number of hydrogen-bond donors (Lipinski definition) is 2. The first-order valence-corrected chi connectivity index (χ1v) is 11.2. The van der Waals surface area contributed by atoms with Gasteiger partial charge in [0.1, 0.15) is 5.82 Å². The summed E-state index contributed by atoms with van der Waals surface area (Å²) in [5.74, 6) is -0.337. The van der Waals surface area contributed by atoms with Crippen molar-refractivity contribution in [1.82, 2.24) is 5.32 Å². The molecule has 1 saturated heterocycles. The number of nitrogens with zero attached hydrogens (tertiary/aromatic N) is 2. The monoisotopic (exact) mass is 402 g/mol. The molecule has 2 fully saturated rings. The highest BCUT2D eigenvalue weighted by Gasteiger charge is 2.37. The SMILES string of the molecule is CC(C)(C)[C@H](N)C(=O)NC1CCN(C2CC2)c2cc(N3CCCCC3)c(F)cc21. The third kappa shape index (κ3) is 4.23. The maximum atomic E-state index is 15.2. The van der Waals surface area contributed by atoms with Gasteiger partial charge in [0.2, 0.25) is 5.91 Å². The highest BCUT2D eigenvalue weighted by Crippen LogP contribution is 2.43. The smallest absolute Gasteiger partial charge is 0.237 e. The van der Waals surface area contributed by atoms with Gasteiger partial charge in [-0.3, -0.25) is 4.79 Å². The van der Waals surface area contributed by atoms with Gasteiger partial charge < -0.3 is 20.9 Å². The third-order valence-electron chi connectivity index (χ3n) is 6.66. The number of rotatable bonds is 4.